The molecule has 0 aliphatic heterocycles. The molecule has 1 N–H and O–H groups in total. The molecule has 1 rings (SSSR count). The first-order valence-corrected chi connectivity index (χ1v) is 3.51. The Hall–Kier alpha value is -1.58. The van der Waals surface area contributed by atoms with Gasteiger partial charge in [0.05, 0.1) is 7.11 Å². The fraction of sp³-hybridized carbons (Fsp3) is 0.250. The van der Waals surface area contributed by atoms with E-state index >= 15 is 0 Å². The molecule has 12 heavy (non-hydrogen) atoms. The first-order valence-electron chi connectivity index (χ1n) is 3.51. The Kier molecular flexibility index (Phi) is 2.63. The maximum atomic E-state index is 10.8. The molecule has 4 heteroatoms. The molecule has 4 nitrogen and oxygen atoms in total. The van der Waals surface area contributed by atoms with E-state index in [-0.39, 0.29) is 5.56 Å². The zero-order valence-corrected chi connectivity index (χ0v) is 7.00. The SMILES string of the molecule is COC(C)=Nc1cccc(=O)[nH]1. The van der Waals surface area contributed by atoms with Crippen molar-refractivity contribution in [3.8, 4) is 0 Å². The van der Waals surface area contributed by atoms with Crippen molar-refractivity contribution in [2.24, 2.45) is 4.99 Å². The summed E-state index contributed by atoms with van der Waals surface area (Å²) in [6.45, 7) is 1.71. The quantitative estimate of drug-likeness (QED) is 0.501. The highest BCUT2D eigenvalue weighted by Gasteiger charge is 1.90. The Balaban J connectivity index is 2.97. The van der Waals surface area contributed by atoms with Gasteiger partial charge in [-0.05, 0) is 6.07 Å². The van der Waals surface area contributed by atoms with Crippen LogP contribution in [0.3, 0.4) is 0 Å². The van der Waals surface area contributed by atoms with Crippen LogP contribution < -0.4 is 5.56 Å². The van der Waals surface area contributed by atoms with Crippen LogP contribution in [0.15, 0.2) is 28.0 Å². The molecule has 0 atom stereocenters. The molecule has 1 aromatic rings. The van der Waals surface area contributed by atoms with E-state index in [0.717, 1.165) is 0 Å². The lowest BCUT2D eigenvalue weighted by Gasteiger charge is -1.96. The second kappa shape index (κ2) is 3.71. The van der Waals surface area contributed by atoms with Crippen LogP contribution in [0.25, 0.3) is 0 Å². The van der Waals surface area contributed by atoms with E-state index < -0.39 is 0 Å². The first kappa shape index (κ1) is 8.52. The van der Waals surface area contributed by atoms with Gasteiger partial charge in [0.2, 0.25) is 5.56 Å². The fourth-order valence-electron chi connectivity index (χ4n) is 0.717. The van der Waals surface area contributed by atoms with Gasteiger partial charge in [0, 0.05) is 13.0 Å². The number of nitrogens with one attached hydrogen (secondary N) is 1. The third-order valence-corrected chi connectivity index (χ3v) is 1.33. The number of rotatable bonds is 1. The lowest BCUT2D eigenvalue weighted by molar-refractivity contribution is 0.400. The van der Waals surface area contributed by atoms with E-state index in [1.807, 2.05) is 0 Å². The molecule has 0 radical (unpaired) electrons. The van der Waals surface area contributed by atoms with Crippen LogP contribution in [0.5, 0.6) is 0 Å². The smallest absolute Gasteiger partial charge is 0.249 e. The molecule has 64 valence electrons. The summed E-state index contributed by atoms with van der Waals surface area (Å²) in [5.74, 6) is 1.01. The molecule has 0 spiro atoms. The zero-order chi connectivity index (χ0) is 8.97. The lowest BCUT2D eigenvalue weighted by atomic mass is 10.5. The highest BCUT2D eigenvalue weighted by Crippen LogP contribution is 2.02. The predicted octanol–water partition coefficient (Wildman–Crippen LogP) is 1.07. The van der Waals surface area contributed by atoms with Gasteiger partial charge in [-0.2, -0.15) is 0 Å². The minimum atomic E-state index is -0.167. The van der Waals surface area contributed by atoms with Gasteiger partial charge in [-0.3, -0.25) is 4.79 Å². The second-order valence-electron chi connectivity index (χ2n) is 2.24. The van der Waals surface area contributed by atoms with Crippen LogP contribution >= 0.6 is 0 Å². The molecule has 1 aromatic heterocycles. The maximum Gasteiger partial charge on any atom is 0.249 e. The maximum absolute atomic E-state index is 10.8. The molecule has 0 fully saturated rings. The van der Waals surface area contributed by atoms with Gasteiger partial charge < -0.3 is 9.72 Å². The largest absolute Gasteiger partial charge is 0.484 e. The monoisotopic (exact) mass is 166 g/mol. The number of ether oxygens (including phenoxy) is 1. The zero-order valence-electron chi connectivity index (χ0n) is 7.00. The number of aromatic amines is 1. The van der Waals surface area contributed by atoms with Crippen molar-refractivity contribution in [3.63, 3.8) is 0 Å². The van der Waals surface area contributed by atoms with Crippen molar-refractivity contribution in [1.82, 2.24) is 4.98 Å². The molecule has 0 aromatic carbocycles. The van der Waals surface area contributed by atoms with Gasteiger partial charge in [0.15, 0.2) is 5.90 Å². The van der Waals surface area contributed by atoms with Gasteiger partial charge in [-0.25, -0.2) is 4.99 Å². The third kappa shape index (κ3) is 2.23. The summed E-state index contributed by atoms with van der Waals surface area (Å²) in [7, 11) is 1.53. The fourth-order valence-corrected chi connectivity index (χ4v) is 0.717. The molecule has 0 saturated heterocycles. The van der Waals surface area contributed by atoms with Gasteiger partial charge in [0.1, 0.15) is 5.82 Å². The number of aromatic nitrogens is 1. The molecule has 0 unspecified atom stereocenters. The molecule has 0 saturated carbocycles. The summed E-state index contributed by atoms with van der Waals surface area (Å²) in [6, 6.07) is 4.77. The highest BCUT2D eigenvalue weighted by molar-refractivity contribution is 5.75. The number of hydrogen-bond acceptors (Lipinski definition) is 3. The number of pyridine rings is 1. The topological polar surface area (TPSA) is 54.4 Å². The number of H-pyrrole nitrogens is 1. The highest BCUT2D eigenvalue weighted by atomic mass is 16.5. The summed E-state index contributed by atoms with van der Waals surface area (Å²) in [4.78, 5) is 17.3. The van der Waals surface area contributed by atoms with Crippen LogP contribution in [0.4, 0.5) is 5.82 Å². The minimum absolute atomic E-state index is 0.167. The van der Waals surface area contributed by atoms with Crippen molar-refractivity contribution < 1.29 is 4.74 Å². The van der Waals surface area contributed by atoms with E-state index in [2.05, 4.69) is 9.98 Å². The summed E-state index contributed by atoms with van der Waals surface area (Å²) in [6.07, 6.45) is 0. The average molecular weight is 166 g/mol. The summed E-state index contributed by atoms with van der Waals surface area (Å²) < 4.78 is 4.82. The molecule has 0 bridgehead atoms. The van der Waals surface area contributed by atoms with Gasteiger partial charge in [-0.15, -0.1) is 0 Å². The Morgan fingerprint density at radius 3 is 2.92 bits per heavy atom. The number of aliphatic imine (C=N–C) groups is 1. The van der Waals surface area contributed by atoms with Gasteiger partial charge in [0.25, 0.3) is 0 Å². The molecule has 0 aliphatic carbocycles. The van der Waals surface area contributed by atoms with Crippen LogP contribution in [-0.2, 0) is 4.74 Å². The van der Waals surface area contributed by atoms with Crippen molar-refractivity contribution in [2.45, 2.75) is 6.92 Å². The minimum Gasteiger partial charge on any atom is -0.484 e. The van der Waals surface area contributed by atoms with Crippen molar-refractivity contribution in [1.29, 1.82) is 0 Å². The van der Waals surface area contributed by atoms with E-state index in [9.17, 15) is 4.79 Å². The summed E-state index contributed by atoms with van der Waals surface area (Å²) in [5.41, 5.74) is -0.167. The van der Waals surface area contributed by atoms with Crippen LogP contribution in [0.1, 0.15) is 6.92 Å². The summed E-state index contributed by atoms with van der Waals surface area (Å²) >= 11 is 0. The molecule has 0 amide bonds. The van der Waals surface area contributed by atoms with E-state index in [1.165, 1.54) is 13.2 Å². The number of hydrogen-bond donors (Lipinski definition) is 1. The van der Waals surface area contributed by atoms with E-state index in [4.69, 9.17) is 4.74 Å². The Bertz CT molecular complexity index is 341. The van der Waals surface area contributed by atoms with Crippen LogP contribution in [-0.4, -0.2) is 18.0 Å². The van der Waals surface area contributed by atoms with Crippen molar-refractivity contribution >= 4 is 11.7 Å². The first-order chi connectivity index (χ1) is 5.72. The Labute approximate surface area is 69.9 Å². The molecule has 1 heterocycles. The van der Waals surface area contributed by atoms with Crippen LogP contribution in [0, 0.1) is 0 Å². The third-order valence-electron chi connectivity index (χ3n) is 1.33. The van der Waals surface area contributed by atoms with Crippen molar-refractivity contribution in [2.75, 3.05) is 7.11 Å². The Morgan fingerprint density at radius 2 is 2.33 bits per heavy atom. The second-order valence-corrected chi connectivity index (χ2v) is 2.24. The normalized spacial score (nSPS) is 11.3. The van der Waals surface area contributed by atoms with E-state index in [1.54, 1.807) is 19.1 Å². The average Bonchev–Trinajstić information content (AvgIpc) is 2.04. The van der Waals surface area contributed by atoms with Crippen molar-refractivity contribution in [3.05, 3.63) is 28.6 Å². The molecular weight excluding hydrogens is 156 g/mol. The Morgan fingerprint density at radius 1 is 1.58 bits per heavy atom. The van der Waals surface area contributed by atoms with Crippen LogP contribution in [0.2, 0.25) is 0 Å². The summed E-state index contributed by atoms with van der Waals surface area (Å²) in [5, 5.41) is 0. The number of nitrogens with zero attached hydrogens (tertiary/aromatic N) is 1. The molecular formula is C8H10N2O2. The van der Waals surface area contributed by atoms with E-state index in [0.29, 0.717) is 11.7 Å². The number of methoxy groups -OCH3 is 1. The standard InChI is InChI=1S/C8H10N2O2/c1-6(12-2)9-7-4-3-5-8(11)10-7/h3-5H,1-2H3,(H,10,11). The van der Waals surface area contributed by atoms with Gasteiger partial charge in [-0.1, -0.05) is 6.07 Å². The predicted molar refractivity (Wildman–Crippen MR) is 46.8 cm³/mol. The van der Waals surface area contributed by atoms with Gasteiger partial charge >= 0.3 is 0 Å². The molecule has 0 aliphatic rings. The lowest BCUT2D eigenvalue weighted by Crippen LogP contribution is -2.02.